The highest BCUT2D eigenvalue weighted by Crippen LogP contribution is 2.20. The molecule has 0 spiro atoms. The lowest BCUT2D eigenvalue weighted by molar-refractivity contribution is 0.265. The minimum atomic E-state index is 1.07. The van der Waals surface area contributed by atoms with Gasteiger partial charge >= 0.3 is 0 Å². The predicted molar refractivity (Wildman–Crippen MR) is 35.3 cm³/mol. The molecule has 2 rings (SSSR count). The summed E-state index contributed by atoms with van der Waals surface area (Å²) in [6.07, 6.45) is 6.98. The summed E-state index contributed by atoms with van der Waals surface area (Å²) in [6.45, 7) is 2.26. The van der Waals surface area contributed by atoms with E-state index in [1.54, 1.807) is 0 Å². The molecule has 0 unspecified atom stereocenters. The van der Waals surface area contributed by atoms with Gasteiger partial charge in [0, 0.05) is 18.8 Å². The third kappa shape index (κ3) is 0.833. The molecule has 1 N–H and O–H groups in total. The van der Waals surface area contributed by atoms with Crippen LogP contribution in [0.5, 0.6) is 0 Å². The smallest absolute Gasteiger partial charge is 0.0344 e. The molecule has 9 heavy (non-hydrogen) atoms. The summed E-state index contributed by atoms with van der Waals surface area (Å²) in [7, 11) is 0. The van der Waals surface area contributed by atoms with Crippen molar-refractivity contribution in [3.63, 3.8) is 0 Å². The fraction of sp³-hybridized carbons (Fsp3) is 0.714. The van der Waals surface area contributed by atoms with Gasteiger partial charge in [-0.15, -0.1) is 0 Å². The van der Waals surface area contributed by atoms with E-state index in [1.807, 2.05) is 0 Å². The van der Waals surface area contributed by atoms with Crippen LogP contribution in [0.2, 0.25) is 0 Å². The fourth-order valence-corrected chi connectivity index (χ4v) is 1.43. The van der Waals surface area contributed by atoms with Crippen LogP contribution in [0, 0.1) is 6.08 Å². The standard InChI is InChI=1S/C7H11N2/c1-3-7-4-2-6-9(7)8-5-1/h8H,1-2,4-6H2. The van der Waals surface area contributed by atoms with Crippen molar-refractivity contribution in [2.75, 3.05) is 13.1 Å². The van der Waals surface area contributed by atoms with Crippen molar-refractivity contribution in [2.24, 2.45) is 0 Å². The Morgan fingerprint density at radius 3 is 3.44 bits per heavy atom. The van der Waals surface area contributed by atoms with Gasteiger partial charge in [-0.05, 0) is 25.3 Å². The van der Waals surface area contributed by atoms with Gasteiger partial charge in [0.25, 0.3) is 0 Å². The van der Waals surface area contributed by atoms with E-state index >= 15 is 0 Å². The predicted octanol–water partition coefficient (Wildman–Crippen LogP) is 0.678. The number of hydrazine groups is 1. The van der Waals surface area contributed by atoms with Crippen molar-refractivity contribution >= 4 is 0 Å². The largest absolute Gasteiger partial charge is 0.312 e. The van der Waals surface area contributed by atoms with Crippen LogP contribution >= 0.6 is 0 Å². The second-order valence-corrected chi connectivity index (χ2v) is 2.54. The molecule has 2 nitrogen and oxygen atoms in total. The highest BCUT2D eigenvalue weighted by Gasteiger charge is 2.18. The number of nitrogens with one attached hydrogen (secondary N) is 1. The lowest BCUT2D eigenvalue weighted by atomic mass is 10.2. The zero-order valence-corrected chi connectivity index (χ0v) is 5.48. The van der Waals surface area contributed by atoms with Gasteiger partial charge < -0.3 is 5.01 Å². The molecule has 0 bridgehead atoms. The Balaban J connectivity index is 2.16. The van der Waals surface area contributed by atoms with E-state index in [9.17, 15) is 0 Å². The Morgan fingerprint density at radius 2 is 2.56 bits per heavy atom. The molecular formula is C7H11N2. The molecule has 2 heterocycles. The van der Waals surface area contributed by atoms with Crippen molar-refractivity contribution in [2.45, 2.75) is 19.3 Å². The summed E-state index contributed by atoms with van der Waals surface area (Å²) in [5.74, 6) is 0. The van der Waals surface area contributed by atoms with Crippen molar-refractivity contribution < 1.29 is 0 Å². The molecule has 0 atom stereocenters. The van der Waals surface area contributed by atoms with Gasteiger partial charge in [0.1, 0.15) is 0 Å². The number of hydrogen-bond donors (Lipinski definition) is 1. The van der Waals surface area contributed by atoms with Crippen LogP contribution < -0.4 is 5.43 Å². The first kappa shape index (κ1) is 5.30. The molecule has 2 aliphatic rings. The van der Waals surface area contributed by atoms with E-state index in [1.165, 1.54) is 25.1 Å². The lowest BCUT2D eigenvalue weighted by Gasteiger charge is -2.24. The molecule has 0 aliphatic carbocycles. The topological polar surface area (TPSA) is 15.3 Å². The maximum atomic E-state index is 3.36. The van der Waals surface area contributed by atoms with Gasteiger partial charge in [-0.3, -0.25) is 0 Å². The van der Waals surface area contributed by atoms with E-state index in [0.29, 0.717) is 0 Å². The third-order valence-electron chi connectivity index (χ3n) is 1.88. The Labute approximate surface area is 55.5 Å². The number of fused-ring (bicyclic) bond motifs is 1. The zero-order valence-electron chi connectivity index (χ0n) is 5.48. The highest BCUT2D eigenvalue weighted by atomic mass is 15.5. The van der Waals surface area contributed by atoms with Crippen LogP contribution in [0.15, 0.2) is 5.70 Å². The van der Waals surface area contributed by atoms with E-state index in [0.717, 1.165) is 13.0 Å². The monoisotopic (exact) mass is 123 g/mol. The molecule has 2 heteroatoms. The third-order valence-corrected chi connectivity index (χ3v) is 1.88. The van der Waals surface area contributed by atoms with E-state index in [2.05, 4.69) is 16.5 Å². The summed E-state index contributed by atoms with van der Waals surface area (Å²) in [5.41, 5.74) is 4.70. The van der Waals surface area contributed by atoms with Crippen LogP contribution in [0.4, 0.5) is 0 Å². The Kier molecular flexibility index (Phi) is 1.19. The SMILES string of the molecule is [C]1=C2CCCN2NCC1. The molecule has 2 aliphatic heterocycles. The molecule has 49 valence electrons. The van der Waals surface area contributed by atoms with Crippen molar-refractivity contribution in [3.8, 4) is 0 Å². The van der Waals surface area contributed by atoms with Crippen molar-refractivity contribution in [1.29, 1.82) is 0 Å². The Bertz CT molecular complexity index is 140. The molecule has 1 radical (unpaired) electrons. The molecule has 0 aromatic rings. The Hall–Kier alpha value is -0.500. The van der Waals surface area contributed by atoms with Gasteiger partial charge in [0.05, 0.1) is 0 Å². The molecule has 1 fully saturated rings. The molecule has 0 aromatic carbocycles. The van der Waals surface area contributed by atoms with Crippen LogP contribution in [-0.2, 0) is 0 Å². The summed E-state index contributed by atoms with van der Waals surface area (Å²) in [5, 5.41) is 2.23. The molecule has 0 aromatic heterocycles. The second-order valence-electron chi connectivity index (χ2n) is 2.54. The quantitative estimate of drug-likeness (QED) is 0.509. The molecule has 1 saturated heterocycles. The lowest BCUT2D eigenvalue weighted by Crippen LogP contribution is -2.37. The van der Waals surface area contributed by atoms with Gasteiger partial charge in [-0.25, -0.2) is 5.43 Å². The van der Waals surface area contributed by atoms with Gasteiger partial charge in [-0.1, -0.05) is 0 Å². The molecular weight excluding hydrogens is 112 g/mol. The van der Waals surface area contributed by atoms with Gasteiger partial charge in [0.2, 0.25) is 0 Å². The van der Waals surface area contributed by atoms with Crippen molar-refractivity contribution in [3.05, 3.63) is 11.8 Å². The second kappa shape index (κ2) is 2.03. The first-order valence-corrected chi connectivity index (χ1v) is 3.57. The van der Waals surface area contributed by atoms with Gasteiger partial charge in [-0.2, -0.15) is 0 Å². The minimum absolute atomic E-state index is 1.07. The van der Waals surface area contributed by atoms with Crippen LogP contribution in [0.1, 0.15) is 19.3 Å². The van der Waals surface area contributed by atoms with Crippen LogP contribution in [-0.4, -0.2) is 18.1 Å². The minimum Gasteiger partial charge on any atom is -0.312 e. The highest BCUT2D eigenvalue weighted by molar-refractivity contribution is 5.02. The maximum absolute atomic E-state index is 3.36. The van der Waals surface area contributed by atoms with E-state index in [4.69, 9.17) is 0 Å². The number of hydrogen-bond acceptors (Lipinski definition) is 2. The summed E-state index contributed by atoms with van der Waals surface area (Å²) in [4.78, 5) is 0. The Morgan fingerprint density at radius 1 is 1.56 bits per heavy atom. The normalized spacial score (nSPS) is 25.8. The fourth-order valence-electron chi connectivity index (χ4n) is 1.43. The number of allylic oxidation sites excluding steroid dienone is 1. The average molecular weight is 123 g/mol. The first-order valence-electron chi connectivity index (χ1n) is 3.57. The number of nitrogens with zero attached hydrogens (tertiary/aromatic N) is 1. The van der Waals surface area contributed by atoms with E-state index < -0.39 is 0 Å². The number of rotatable bonds is 0. The van der Waals surface area contributed by atoms with E-state index in [-0.39, 0.29) is 0 Å². The zero-order chi connectivity index (χ0) is 6.10. The summed E-state index contributed by atoms with van der Waals surface area (Å²) < 4.78 is 0. The summed E-state index contributed by atoms with van der Waals surface area (Å²) >= 11 is 0. The molecule has 0 amide bonds. The first-order chi connectivity index (χ1) is 4.47. The van der Waals surface area contributed by atoms with Gasteiger partial charge in [0.15, 0.2) is 0 Å². The van der Waals surface area contributed by atoms with Crippen molar-refractivity contribution in [1.82, 2.24) is 10.4 Å². The van der Waals surface area contributed by atoms with Crippen LogP contribution in [0.25, 0.3) is 0 Å². The summed E-state index contributed by atoms with van der Waals surface area (Å²) in [6, 6.07) is 0. The van der Waals surface area contributed by atoms with Crippen LogP contribution in [0.3, 0.4) is 0 Å². The average Bonchev–Trinajstić information content (AvgIpc) is 2.33. The maximum Gasteiger partial charge on any atom is 0.0344 e. The molecule has 0 saturated carbocycles.